The number of carboxylic acid groups (broad SMARTS) is 1. The third-order valence-electron chi connectivity index (χ3n) is 3.88. The molecular weight excluding hydrogens is 324 g/mol. The summed E-state index contributed by atoms with van der Waals surface area (Å²) in [7, 11) is 0. The van der Waals surface area contributed by atoms with E-state index < -0.39 is 5.97 Å². The summed E-state index contributed by atoms with van der Waals surface area (Å²) in [6, 6.07) is 6.37. The second-order valence-electron chi connectivity index (χ2n) is 5.91. The number of nitrogens with one attached hydrogen (secondary N) is 1. The van der Waals surface area contributed by atoms with E-state index in [1.165, 1.54) is 18.2 Å². The highest BCUT2D eigenvalue weighted by Gasteiger charge is 2.34. The second-order valence-corrected chi connectivity index (χ2v) is 6.80. The Morgan fingerprint density at radius 3 is 2.58 bits per heavy atom. The lowest BCUT2D eigenvalue weighted by atomic mass is 10.1. The Labute approximate surface area is 144 Å². The van der Waals surface area contributed by atoms with Crippen LogP contribution >= 0.6 is 11.3 Å². The van der Waals surface area contributed by atoms with Crippen LogP contribution in [0, 0.1) is 12.8 Å². The molecule has 1 saturated carbocycles. The molecule has 2 aromatic rings. The molecule has 2 N–H and O–H groups in total. The smallest absolute Gasteiger partial charge is 0.335 e. The van der Waals surface area contributed by atoms with Gasteiger partial charge in [-0.1, -0.05) is 12.1 Å². The molecule has 1 aromatic carbocycles. The third-order valence-corrected chi connectivity index (χ3v) is 4.92. The molecule has 124 valence electrons. The topological polar surface area (TPSA) is 79.3 Å². The second kappa shape index (κ2) is 6.97. The minimum Gasteiger partial charge on any atom is -0.478 e. The SMILES string of the molecule is Cc1csc([C@H](NC(=O)/C=C/c2ccc(C(=O)O)cc2)C2CC2)n1. The number of hydrogen-bond acceptors (Lipinski definition) is 4. The van der Waals surface area contributed by atoms with Crippen molar-refractivity contribution in [1.82, 2.24) is 10.3 Å². The Morgan fingerprint density at radius 1 is 1.33 bits per heavy atom. The van der Waals surface area contributed by atoms with Crippen molar-refractivity contribution >= 4 is 29.3 Å². The molecule has 0 spiro atoms. The van der Waals surface area contributed by atoms with Gasteiger partial charge in [0.1, 0.15) is 5.01 Å². The summed E-state index contributed by atoms with van der Waals surface area (Å²) in [5, 5.41) is 14.9. The summed E-state index contributed by atoms with van der Waals surface area (Å²) in [5.41, 5.74) is 1.98. The molecule has 6 heteroatoms. The minimum atomic E-state index is -0.964. The number of amides is 1. The quantitative estimate of drug-likeness (QED) is 0.788. The first-order valence-corrected chi connectivity index (χ1v) is 8.65. The first-order valence-electron chi connectivity index (χ1n) is 7.77. The monoisotopic (exact) mass is 342 g/mol. The number of nitrogens with zero attached hydrogens (tertiary/aromatic N) is 1. The van der Waals surface area contributed by atoms with E-state index >= 15 is 0 Å². The van der Waals surface area contributed by atoms with Gasteiger partial charge in [-0.2, -0.15) is 0 Å². The van der Waals surface area contributed by atoms with E-state index in [1.807, 2.05) is 12.3 Å². The van der Waals surface area contributed by atoms with E-state index in [-0.39, 0.29) is 17.5 Å². The van der Waals surface area contributed by atoms with Crippen LogP contribution in [-0.2, 0) is 4.79 Å². The van der Waals surface area contributed by atoms with Gasteiger partial charge in [0, 0.05) is 17.2 Å². The predicted octanol–water partition coefficient (Wildman–Crippen LogP) is 3.43. The summed E-state index contributed by atoms with van der Waals surface area (Å²) in [6.45, 7) is 1.95. The fourth-order valence-electron chi connectivity index (χ4n) is 2.44. The largest absolute Gasteiger partial charge is 0.478 e. The number of aromatic carboxylic acids is 1. The van der Waals surface area contributed by atoms with Crippen LogP contribution in [0.2, 0.25) is 0 Å². The Morgan fingerprint density at radius 2 is 2.04 bits per heavy atom. The van der Waals surface area contributed by atoms with Crippen LogP contribution in [0.3, 0.4) is 0 Å². The first kappa shape index (κ1) is 16.4. The van der Waals surface area contributed by atoms with Crippen LogP contribution in [0.4, 0.5) is 0 Å². The van der Waals surface area contributed by atoms with Crippen molar-refractivity contribution in [3.05, 3.63) is 57.6 Å². The van der Waals surface area contributed by atoms with Gasteiger partial charge in [-0.3, -0.25) is 4.79 Å². The zero-order valence-electron chi connectivity index (χ0n) is 13.2. The van der Waals surface area contributed by atoms with Crippen molar-refractivity contribution in [2.24, 2.45) is 5.92 Å². The van der Waals surface area contributed by atoms with Gasteiger partial charge in [0.2, 0.25) is 5.91 Å². The summed E-state index contributed by atoms with van der Waals surface area (Å²) in [5.74, 6) is -0.654. The molecule has 3 rings (SSSR count). The number of benzene rings is 1. The molecule has 0 bridgehead atoms. The molecule has 1 aliphatic carbocycles. The van der Waals surface area contributed by atoms with Gasteiger partial charge in [-0.05, 0) is 49.5 Å². The lowest BCUT2D eigenvalue weighted by molar-refractivity contribution is -0.117. The van der Waals surface area contributed by atoms with Gasteiger partial charge in [-0.25, -0.2) is 9.78 Å². The minimum absolute atomic E-state index is 0.0183. The summed E-state index contributed by atoms with van der Waals surface area (Å²) in [6.07, 6.45) is 5.39. The van der Waals surface area contributed by atoms with Gasteiger partial charge < -0.3 is 10.4 Å². The number of carboxylic acids is 1. The maximum absolute atomic E-state index is 12.2. The van der Waals surface area contributed by atoms with Crippen molar-refractivity contribution in [1.29, 1.82) is 0 Å². The Hall–Kier alpha value is -2.47. The van der Waals surface area contributed by atoms with E-state index in [1.54, 1.807) is 29.5 Å². The highest BCUT2D eigenvalue weighted by atomic mass is 32.1. The number of thiazole rings is 1. The maximum Gasteiger partial charge on any atom is 0.335 e. The fraction of sp³-hybridized carbons (Fsp3) is 0.278. The Bertz CT molecular complexity index is 776. The Balaban J connectivity index is 1.64. The molecule has 24 heavy (non-hydrogen) atoms. The summed E-state index contributed by atoms with van der Waals surface area (Å²) < 4.78 is 0. The molecule has 1 aromatic heterocycles. The first-order chi connectivity index (χ1) is 11.5. The lowest BCUT2D eigenvalue weighted by Crippen LogP contribution is -2.28. The number of hydrogen-bond donors (Lipinski definition) is 2. The molecule has 1 amide bonds. The van der Waals surface area contributed by atoms with Crippen LogP contribution in [0.1, 0.15) is 45.5 Å². The molecule has 1 atom stereocenters. The van der Waals surface area contributed by atoms with Gasteiger partial charge in [0.15, 0.2) is 0 Å². The molecule has 1 fully saturated rings. The van der Waals surface area contributed by atoms with E-state index in [0.717, 1.165) is 29.1 Å². The van der Waals surface area contributed by atoms with Crippen LogP contribution in [-0.4, -0.2) is 22.0 Å². The summed E-state index contributed by atoms with van der Waals surface area (Å²) >= 11 is 1.58. The standard InChI is InChI=1S/C18H18N2O3S/c1-11-10-24-17(19-11)16(13-7-8-13)20-15(21)9-4-12-2-5-14(6-3-12)18(22)23/h2-6,9-10,13,16H,7-8H2,1H3,(H,20,21)(H,22,23)/b9-4+/t16-/m1/s1. The van der Waals surface area contributed by atoms with Crippen LogP contribution in [0.25, 0.3) is 6.08 Å². The highest BCUT2D eigenvalue weighted by Crippen LogP contribution is 2.41. The number of rotatable bonds is 6. The van der Waals surface area contributed by atoms with Crippen LogP contribution < -0.4 is 5.32 Å². The zero-order valence-corrected chi connectivity index (χ0v) is 14.0. The number of aryl methyl sites for hydroxylation is 1. The van der Waals surface area contributed by atoms with Crippen molar-refractivity contribution in [2.75, 3.05) is 0 Å². The molecule has 0 radical (unpaired) electrons. The van der Waals surface area contributed by atoms with Crippen LogP contribution in [0.15, 0.2) is 35.7 Å². The molecule has 5 nitrogen and oxygen atoms in total. The van der Waals surface area contributed by atoms with Gasteiger partial charge in [-0.15, -0.1) is 11.3 Å². The van der Waals surface area contributed by atoms with Gasteiger partial charge in [0.25, 0.3) is 0 Å². The number of carbonyl (C=O) groups is 2. The van der Waals surface area contributed by atoms with E-state index in [4.69, 9.17) is 5.11 Å². The normalized spacial score (nSPS) is 15.4. The maximum atomic E-state index is 12.2. The van der Waals surface area contributed by atoms with Crippen molar-refractivity contribution in [2.45, 2.75) is 25.8 Å². The van der Waals surface area contributed by atoms with Crippen LogP contribution in [0.5, 0.6) is 0 Å². The molecule has 0 unspecified atom stereocenters. The van der Waals surface area contributed by atoms with Crippen molar-refractivity contribution in [3.8, 4) is 0 Å². The fourth-order valence-corrected chi connectivity index (χ4v) is 3.37. The van der Waals surface area contributed by atoms with E-state index in [9.17, 15) is 9.59 Å². The molecule has 0 aliphatic heterocycles. The molecule has 1 aliphatic rings. The van der Waals surface area contributed by atoms with Crippen molar-refractivity contribution in [3.63, 3.8) is 0 Å². The predicted molar refractivity (Wildman–Crippen MR) is 92.9 cm³/mol. The number of carbonyl (C=O) groups excluding carboxylic acids is 1. The Kier molecular flexibility index (Phi) is 4.76. The summed E-state index contributed by atoms with van der Waals surface area (Å²) in [4.78, 5) is 27.5. The average Bonchev–Trinajstić information content (AvgIpc) is 3.32. The van der Waals surface area contributed by atoms with E-state index in [2.05, 4.69) is 10.3 Å². The molecule has 1 heterocycles. The lowest BCUT2D eigenvalue weighted by Gasteiger charge is -2.14. The van der Waals surface area contributed by atoms with Gasteiger partial charge in [0.05, 0.1) is 11.6 Å². The van der Waals surface area contributed by atoms with Gasteiger partial charge >= 0.3 is 5.97 Å². The molecule has 0 saturated heterocycles. The zero-order chi connectivity index (χ0) is 17.1. The number of aromatic nitrogens is 1. The highest BCUT2D eigenvalue weighted by molar-refractivity contribution is 7.09. The third kappa shape index (κ3) is 4.08. The van der Waals surface area contributed by atoms with Crippen molar-refractivity contribution < 1.29 is 14.7 Å². The average molecular weight is 342 g/mol. The van der Waals surface area contributed by atoms with E-state index in [0.29, 0.717) is 5.92 Å². The molecular formula is C18H18N2O3S.